The summed E-state index contributed by atoms with van der Waals surface area (Å²) in [6.07, 6.45) is 2.42. The van der Waals surface area contributed by atoms with Crippen LogP contribution in [0.3, 0.4) is 0 Å². The molecule has 5 heteroatoms. The lowest BCUT2D eigenvalue weighted by atomic mass is 9.92. The van der Waals surface area contributed by atoms with E-state index in [-0.39, 0.29) is 11.9 Å². The monoisotopic (exact) mass is 227 g/mol. The van der Waals surface area contributed by atoms with Crippen LogP contribution >= 0.6 is 0 Å². The van der Waals surface area contributed by atoms with Gasteiger partial charge in [0.25, 0.3) is 0 Å². The third kappa shape index (κ3) is 3.20. The van der Waals surface area contributed by atoms with Crippen molar-refractivity contribution >= 4 is 11.9 Å². The summed E-state index contributed by atoms with van der Waals surface area (Å²) in [6, 6.07) is -1.19. The summed E-state index contributed by atoms with van der Waals surface area (Å²) in [5.74, 6) is 0.249. The van der Waals surface area contributed by atoms with Crippen molar-refractivity contribution in [1.29, 1.82) is 0 Å². The van der Waals surface area contributed by atoms with Crippen LogP contribution in [0.1, 0.15) is 33.6 Å². The van der Waals surface area contributed by atoms with Crippen LogP contribution in [0.25, 0.3) is 0 Å². The van der Waals surface area contributed by atoms with Crippen molar-refractivity contribution in [1.82, 2.24) is 10.6 Å². The molecule has 0 spiro atoms. The number of carbonyl (C=O) groups is 2. The number of hydrogen-bond donors (Lipinski definition) is 3. The summed E-state index contributed by atoms with van der Waals surface area (Å²) in [5, 5.41) is 5.22. The number of nitrogens with one attached hydrogen (secondary N) is 2. The van der Waals surface area contributed by atoms with Crippen molar-refractivity contribution in [2.75, 3.05) is 6.54 Å². The van der Waals surface area contributed by atoms with Crippen molar-refractivity contribution in [3.63, 3.8) is 0 Å². The molecule has 1 fully saturated rings. The van der Waals surface area contributed by atoms with E-state index in [0.717, 1.165) is 6.54 Å². The SMILES string of the molecule is CC(NCC1(C(C)C)CC1)C(=O)NC(N)=O. The minimum absolute atomic E-state index is 0.348. The van der Waals surface area contributed by atoms with Crippen LogP contribution in [-0.4, -0.2) is 24.5 Å². The molecule has 16 heavy (non-hydrogen) atoms. The first-order valence-electron chi connectivity index (χ1n) is 5.71. The molecule has 0 aromatic carbocycles. The average molecular weight is 227 g/mol. The Kier molecular flexibility index (Phi) is 3.91. The summed E-state index contributed by atoms with van der Waals surface area (Å²) in [5.41, 5.74) is 5.22. The van der Waals surface area contributed by atoms with Gasteiger partial charge in [-0.3, -0.25) is 10.1 Å². The fourth-order valence-corrected chi connectivity index (χ4v) is 1.80. The second-order valence-corrected chi connectivity index (χ2v) is 4.97. The van der Waals surface area contributed by atoms with Gasteiger partial charge in [0.15, 0.2) is 0 Å². The Morgan fingerprint density at radius 1 is 1.31 bits per heavy atom. The smallest absolute Gasteiger partial charge is 0.318 e. The highest BCUT2D eigenvalue weighted by Gasteiger charge is 2.45. The number of carbonyl (C=O) groups excluding carboxylic acids is 2. The second-order valence-electron chi connectivity index (χ2n) is 4.97. The fourth-order valence-electron chi connectivity index (χ4n) is 1.80. The average Bonchev–Trinajstić information content (AvgIpc) is 2.93. The van der Waals surface area contributed by atoms with E-state index in [2.05, 4.69) is 24.5 Å². The number of primary amides is 1. The van der Waals surface area contributed by atoms with Gasteiger partial charge in [-0.05, 0) is 31.1 Å². The molecule has 1 unspecified atom stereocenters. The first-order chi connectivity index (χ1) is 7.37. The van der Waals surface area contributed by atoms with E-state index in [0.29, 0.717) is 11.3 Å². The minimum Gasteiger partial charge on any atom is -0.351 e. The molecule has 1 atom stereocenters. The molecule has 1 rings (SSSR count). The van der Waals surface area contributed by atoms with E-state index in [4.69, 9.17) is 5.73 Å². The topological polar surface area (TPSA) is 84.2 Å². The van der Waals surface area contributed by atoms with Crippen molar-refractivity contribution < 1.29 is 9.59 Å². The molecule has 4 N–H and O–H groups in total. The van der Waals surface area contributed by atoms with E-state index in [1.54, 1.807) is 6.92 Å². The van der Waals surface area contributed by atoms with Crippen LogP contribution < -0.4 is 16.4 Å². The van der Waals surface area contributed by atoms with E-state index in [1.165, 1.54) is 12.8 Å². The highest BCUT2D eigenvalue weighted by molar-refractivity contribution is 5.96. The van der Waals surface area contributed by atoms with Crippen molar-refractivity contribution in [2.45, 2.75) is 39.7 Å². The van der Waals surface area contributed by atoms with E-state index < -0.39 is 6.03 Å². The quantitative estimate of drug-likeness (QED) is 0.643. The summed E-state index contributed by atoms with van der Waals surface area (Å²) >= 11 is 0. The normalized spacial score (nSPS) is 19.2. The predicted octanol–water partition coefficient (Wildman–Crippen LogP) is 0.596. The second kappa shape index (κ2) is 4.82. The third-order valence-electron chi connectivity index (χ3n) is 3.52. The van der Waals surface area contributed by atoms with Crippen LogP contribution in [0.5, 0.6) is 0 Å². The maximum absolute atomic E-state index is 11.4. The standard InChI is InChI=1S/C11H21N3O2/c1-7(2)11(4-5-11)6-13-8(3)9(15)14-10(12)16/h7-8,13H,4-6H2,1-3H3,(H3,12,14,15,16). The zero-order chi connectivity index (χ0) is 12.3. The van der Waals surface area contributed by atoms with Crippen LogP contribution in [-0.2, 0) is 4.79 Å². The molecule has 1 aliphatic rings. The molecular weight excluding hydrogens is 206 g/mol. The van der Waals surface area contributed by atoms with E-state index in [1.807, 2.05) is 0 Å². The molecule has 92 valence electrons. The Hall–Kier alpha value is -1.10. The number of amides is 3. The lowest BCUT2D eigenvalue weighted by Crippen LogP contribution is -2.48. The maximum atomic E-state index is 11.4. The number of urea groups is 1. The van der Waals surface area contributed by atoms with Gasteiger partial charge in [0.1, 0.15) is 0 Å². The Balaban J connectivity index is 2.32. The molecule has 0 aromatic heterocycles. The molecule has 3 amide bonds. The molecule has 0 aliphatic heterocycles. The van der Waals surface area contributed by atoms with Gasteiger partial charge < -0.3 is 11.1 Å². The summed E-state index contributed by atoms with van der Waals surface area (Å²) in [4.78, 5) is 21.9. The van der Waals surface area contributed by atoms with Crippen molar-refractivity contribution in [3.05, 3.63) is 0 Å². The zero-order valence-corrected chi connectivity index (χ0v) is 10.2. The fraction of sp³-hybridized carbons (Fsp3) is 0.818. The van der Waals surface area contributed by atoms with Gasteiger partial charge in [-0.2, -0.15) is 0 Å². The molecule has 1 saturated carbocycles. The lowest BCUT2D eigenvalue weighted by molar-refractivity contribution is -0.121. The van der Waals surface area contributed by atoms with Crippen LogP contribution in [0.15, 0.2) is 0 Å². The van der Waals surface area contributed by atoms with E-state index >= 15 is 0 Å². The first kappa shape index (κ1) is 13.0. The molecule has 0 aromatic rings. The molecule has 0 heterocycles. The van der Waals surface area contributed by atoms with Crippen LogP contribution in [0, 0.1) is 11.3 Å². The number of hydrogen-bond acceptors (Lipinski definition) is 3. The van der Waals surface area contributed by atoms with Crippen LogP contribution in [0.2, 0.25) is 0 Å². The van der Waals surface area contributed by atoms with Gasteiger partial charge in [0.2, 0.25) is 5.91 Å². The maximum Gasteiger partial charge on any atom is 0.318 e. The van der Waals surface area contributed by atoms with Crippen molar-refractivity contribution in [2.24, 2.45) is 17.1 Å². The van der Waals surface area contributed by atoms with Gasteiger partial charge in [0.05, 0.1) is 6.04 Å². The molecule has 0 radical (unpaired) electrons. The summed E-state index contributed by atoms with van der Waals surface area (Å²) in [6.45, 7) is 6.94. The van der Waals surface area contributed by atoms with Crippen molar-refractivity contribution in [3.8, 4) is 0 Å². The Morgan fingerprint density at radius 3 is 2.25 bits per heavy atom. The Labute approximate surface area is 96.1 Å². The number of nitrogens with two attached hydrogens (primary N) is 1. The predicted molar refractivity (Wildman–Crippen MR) is 61.7 cm³/mol. The number of rotatable bonds is 5. The van der Waals surface area contributed by atoms with Gasteiger partial charge in [-0.15, -0.1) is 0 Å². The van der Waals surface area contributed by atoms with Gasteiger partial charge in [-0.1, -0.05) is 13.8 Å². The Morgan fingerprint density at radius 2 is 1.88 bits per heavy atom. The van der Waals surface area contributed by atoms with Crippen LogP contribution in [0.4, 0.5) is 4.79 Å². The first-order valence-corrected chi connectivity index (χ1v) is 5.71. The van der Waals surface area contributed by atoms with Gasteiger partial charge >= 0.3 is 6.03 Å². The summed E-state index contributed by atoms with van der Waals surface area (Å²) in [7, 11) is 0. The molecular formula is C11H21N3O2. The third-order valence-corrected chi connectivity index (χ3v) is 3.52. The minimum atomic E-state index is -0.802. The molecule has 0 saturated heterocycles. The summed E-state index contributed by atoms with van der Waals surface area (Å²) < 4.78 is 0. The Bertz CT molecular complexity index is 285. The molecule has 0 bridgehead atoms. The lowest BCUT2D eigenvalue weighted by Gasteiger charge is -2.22. The highest BCUT2D eigenvalue weighted by Crippen LogP contribution is 2.51. The van der Waals surface area contributed by atoms with Gasteiger partial charge in [0, 0.05) is 6.54 Å². The number of imide groups is 1. The zero-order valence-electron chi connectivity index (χ0n) is 10.2. The molecule has 5 nitrogen and oxygen atoms in total. The highest BCUT2D eigenvalue weighted by atomic mass is 16.2. The van der Waals surface area contributed by atoms with E-state index in [9.17, 15) is 9.59 Å². The largest absolute Gasteiger partial charge is 0.351 e. The molecule has 1 aliphatic carbocycles. The van der Waals surface area contributed by atoms with Gasteiger partial charge in [-0.25, -0.2) is 4.79 Å².